The Kier molecular flexibility index (Phi) is 7.20. The zero-order chi connectivity index (χ0) is 38.2. The van der Waals surface area contributed by atoms with Gasteiger partial charge >= 0.3 is 0 Å². The molecule has 0 amide bonds. The number of rotatable bonds is 6. The number of para-hydroxylation sites is 4. The van der Waals surface area contributed by atoms with Gasteiger partial charge in [-0.15, -0.1) is 0 Å². The minimum absolute atomic E-state index is 0.834. The van der Waals surface area contributed by atoms with Crippen LogP contribution in [0, 0.1) is 0 Å². The molecule has 0 unspecified atom stereocenters. The third-order valence-corrected chi connectivity index (χ3v) is 11.5. The van der Waals surface area contributed by atoms with Gasteiger partial charge in [0.05, 0.1) is 11.4 Å². The Hall–Kier alpha value is -7.82. The maximum Gasteiger partial charge on any atom is 0.159 e. The number of anilines is 3. The molecule has 0 aliphatic rings. The summed E-state index contributed by atoms with van der Waals surface area (Å²) in [6.07, 6.45) is 0. The molecule has 4 heteroatoms. The van der Waals surface area contributed by atoms with Crippen LogP contribution in [0.4, 0.5) is 17.1 Å². The first-order valence-corrected chi connectivity index (χ1v) is 19.6. The molecule has 0 radical (unpaired) electrons. The molecule has 9 aromatic carbocycles. The third-order valence-electron chi connectivity index (χ3n) is 11.5. The highest BCUT2D eigenvalue weighted by molar-refractivity contribution is 6.23. The van der Waals surface area contributed by atoms with E-state index in [-0.39, 0.29) is 0 Å². The number of benzene rings is 9. The maximum absolute atomic E-state index is 6.86. The summed E-state index contributed by atoms with van der Waals surface area (Å²) in [5, 5.41) is 6.43. The Morgan fingerprint density at radius 2 is 0.914 bits per heavy atom. The van der Waals surface area contributed by atoms with Crippen LogP contribution in [0.25, 0.3) is 99.2 Å². The molecule has 0 atom stereocenters. The molecule has 0 fully saturated rings. The van der Waals surface area contributed by atoms with E-state index < -0.39 is 0 Å². The Morgan fingerprint density at radius 3 is 1.72 bits per heavy atom. The van der Waals surface area contributed by atoms with Gasteiger partial charge in [0, 0.05) is 49.1 Å². The van der Waals surface area contributed by atoms with Gasteiger partial charge in [-0.25, -0.2) is 0 Å². The first-order chi connectivity index (χ1) is 28.8. The molecule has 272 valence electrons. The first-order valence-electron chi connectivity index (χ1n) is 19.6. The van der Waals surface area contributed by atoms with Crippen LogP contribution in [0.15, 0.2) is 213 Å². The van der Waals surface area contributed by atoms with Crippen molar-refractivity contribution in [2.45, 2.75) is 0 Å². The summed E-state index contributed by atoms with van der Waals surface area (Å²) in [4.78, 5) is 2.32. The van der Waals surface area contributed by atoms with E-state index in [0.29, 0.717) is 0 Å². The average molecular weight is 744 g/mol. The number of hydrogen-bond acceptors (Lipinski definition) is 4. The number of furan rings is 3. The lowest BCUT2D eigenvalue weighted by Gasteiger charge is -2.28. The minimum Gasteiger partial charge on any atom is -0.456 e. The van der Waals surface area contributed by atoms with Crippen molar-refractivity contribution < 1.29 is 13.3 Å². The van der Waals surface area contributed by atoms with Crippen molar-refractivity contribution in [3.63, 3.8) is 0 Å². The highest BCUT2D eigenvalue weighted by atomic mass is 16.3. The largest absolute Gasteiger partial charge is 0.456 e. The maximum atomic E-state index is 6.86. The van der Waals surface area contributed by atoms with Crippen molar-refractivity contribution >= 4 is 82.9 Å². The Bertz CT molecular complexity index is 3500. The molecule has 0 saturated heterocycles. The van der Waals surface area contributed by atoms with Gasteiger partial charge in [-0.2, -0.15) is 0 Å². The second kappa shape index (κ2) is 12.9. The Labute approximate surface area is 333 Å². The summed E-state index contributed by atoms with van der Waals surface area (Å²) < 4.78 is 19.9. The molecule has 0 saturated carbocycles. The fourth-order valence-corrected chi connectivity index (χ4v) is 8.82. The number of fused-ring (bicyclic) bond motifs is 9. The zero-order valence-corrected chi connectivity index (χ0v) is 31.2. The lowest BCUT2D eigenvalue weighted by Crippen LogP contribution is -2.11. The van der Waals surface area contributed by atoms with Crippen molar-refractivity contribution in [3.05, 3.63) is 200 Å². The van der Waals surface area contributed by atoms with E-state index in [9.17, 15) is 0 Å². The van der Waals surface area contributed by atoms with Crippen LogP contribution in [0.2, 0.25) is 0 Å². The summed E-state index contributed by atoms with van der Waals surface area (Å²) in [6.45, 7) is 0. The second-order valence-electron chi connectivity index (χ2n) is 14.8. The predicted octanol–water partition coefficient (Wildman–Crippen LogP) is 15.9. The molecule has 3 aromatic heterocycles. The highest BCUT2D eigenvalue weighted by Crippen LogP contribution is 2.47. The second-order valence-corrected chi connectivity index (χ2v) is 14.8. The quantitative estimate of drug-likeness (QED) is 0.170. The van der Waals surface area contributed by atoms with Crippen LogP contribution in [0.5, 0.6) is 0 Å². The van der Waals surface area contributed by atoms with Crippen LogP contribution in [0.1, 0.15) is 0 Å². The number of hydrogen-bond donors (Lipinski definition) is 0. The van der Waals surface area contributed by atoms with Gasteiger partial charge in [0.1, 0.15) is 27.9 Å². The molecule has 0 spiro atoms. The van der Waals surface area contributed by atoms with Crippen LogP contribution >= 0.6 is 0 Å². The van der Waals surface area contributed by atoms with E-state index in [1.54, 1.807) is 0 Å². The van der Waals surface area contributed by atoms with E-state index in [4.69, 9.17) is 13.3 Å². The molecule has 58 heavy (non-hydrogen) atoms. The van der Waals surface area contributed by atoms with Gasteiger partial charge in [-0.1, -0.05) is 146 Å². The van der Waals surface area contributed by atoms with Crippen molar-refractivity contribution in [2.24, 2.45) is 0 Å². The predicted molar refractivity (Wildman–Crippen MR) is 239 cm³/mol. The van der Waals surface area contributed by atoms with E-state index >= 15 is 0 Å². The number of nitrogens with zero attached hydrogens (tertiary/aromatic N) is 1. The van der Waals surface area contributed by atoms with Crippen LogP contribution in [-0.2, 0) is 0 Å². The molecule has 0 aliphatic carbocycles. The summed E-state index contributed by atoms with van der Waals surface area (Å²) in [6, 6.07) is 70.0. The van der Waals surface area contributed by atoms with Gasteiger partial charge in [0.15, 0.2) is 5.58 Å². The zero-order valence-electron chi connectivity index (χ0n) is 31.2. The van der Waals surface area contributed by atoms with Crippen LogP contribution in [-0.4, -0.2) is 0 Å². The summed E-state index contributed by atoms with van der Waals surface area (Å²) >= 11 is 0. The topological polar surface area (TPSA) is 42.7 Å². The molecule has 0 bridgehead atoms. The average Bonchev–Trinajstić information content (AvgIpc) is 3.98. The summed E-state index contributed by atoms with van der Waals surface area (Å²) in [5.41, 5.74) is 14.8. The van der Waals surface area contributed by atoms with Gasteiger partial charge in [0.25, 0.3) is 0 Å². The van der Waals surface area contributed by atoms with Crippen LogP contribution < -0.4 is 4.90 Å². The standard InChI is InChI=1S/C54H33NO3/c1-3-14-35(15-4-1)39-18-7-10-22-45(39)55(46-23-13-21-42-40-19-8-11-24-47(40)57-53(42)46)38-29-26-34(27-30-38)37-28-31-41-44-33-50-52(43-20-9-12-25-48(43)56-50)51(36-16-5-2-6-17-36)54(44)58-49(41)32-37/h1-33H. The van der Waals surface area contributed by atoms with E-state index in [1.807, 2.05) is 30.3 Å². The molecule has 12 rings (SSSR count). The Morgan fingerprint density at radius 1 is 0.310 bits per heavy atom. The molecule has 0 aliphatic heterocycles. The minimum atomic E-state index is 0.834. The molecule has 3 heterocycles. The van der Waals surface area contributed by atoms with Crippen molar-refractivity contribution in [2.75, 3.05) is 4.90 Å². The lowest BCUT2D eigenvalue weighted by molar-refractivity contribution is 0.664. The Balaban J connectivity index is 1.01. The fourth-order valence-electron chi connectivity index (χ4n) is 8.82. The van der Waals surface area contributed by atoms with Crippen molar-refractivity contribution in [1.82, 2.24) is 0 Å². The van der Waals surface area contributed by atoms with Crippen molar-refractivity contribution in [1.29, 1.82) is 0 Å². The fraction of sp³-hybridized carbons (Fsp3) is 0. The SMILES string of the molecule is c1ccc(-c2ccccc2N(c2ccc(-c3ccc4c(c3)oc3c(-c5ccccc5)c5c(cc34)oc3ccccc35)cc2)c2cccc3c2oc2ccccc23)cc1. The highest BCUT2D eigenvalue weighted by Gasteiger charge is 2.23. The third kappa shape index (κ3) is 5.02. The van der Waals surface area contributed by atoms with Gasteiger partial charge in [-0.05, 0) is 76.9 Å². The molecule has 4 nitrogen and oxygen atoms in total. The normalized spacial score (nSPS) is 11.8. The lowest BCUT2D eigenvalue weighted by atomic mass is 9.96. The van der Waals surface area contributed by atoms with Gasteiger partial charge in [-0.3, -0.25) is 0 Å². The molecule has 0 N–H and O–H groups in total. The van der Waals surface area contributed by atoms with Gasteiger partial charge < -0.3 is 18.2 Å². The molecular weight excluding hydrogens is 711 g/mol. The van der Waals surface area contributed by atoms with Crippen molar-refractivity contribution in [3.8, 4) is 33.4 Å². The first kappa shape index (κ1) is 32.4. The molecular formula is C54H33NO3. The van der Waals surface area contributed by atoms with E-state index in [2.05, 4.69) is 175 Å². The summed E-state index contributed by atoms with van der Waals surface area (Å²) in [7, 11) is 0. The van der Waals surface area contributed by atoms with E-state index in [0.717, 1.165) is 116 Å². The smallest absolute Gasteiger partial charge is 0.159 e. The van der Waals surface area contributed by atoms with Crippen LogP contribution in [0.3, 0.4) is 0 Å². The van der Waals surface area contributed by atoms with E-state index in [1.165, 1.54) is 0 Å². The monoisotopic (exact) mass is 743 g/mol. The van der Waals surface area contributed by atoms with Gasteiger partial charge in [0.2, 0.25) is 0 Å². The summed E-state index contributed by atoms with van der Waals surface area (Å²) in [5.74, 6) is 0. The molecule has 12 aromatic rings.